The molecular formula is C10H14N6. The number of piperazine rings is 1. The highest BCUT2D eigenvalue weighted by Gasteiger charge is 2.14. The zero-order chi connectivity index (χ0) is 11.4. The molecule has 16 heavy (non-hydrogen) atoms. The molecule has 0 bridgehead atoms. The SMILES string of the molecule is CN1CCN(Nc2nccc(C#N)n2)CC1. The molecule has 0 amide bonds. The van der Waals surface area contributed by atoms with E-state index in [1.807, 2.05) is 6.07 Å². The molecule has 0 spiro atoms. The third-order valence-electron chi connectivity index (χ3n) is 2.53. The average molecular weight is 218 g/mol. The van der Waals surface area contributed by atoms with Crippen LogP contribution in [0.5, 0.6) is 0 Å². The van der Waals surface area contributed by atoms with Gasteiger partial charge in [-0.05, 0) is 13.1 Å². The van der Waals surface area contributed by atoms with Crippen molar-refractivity contribution in [2.75, 3.05) is 38.7 Å². The second kappa shape index (κ2) is 4.88. The Morgan fingerprint density at radius 1 is 1.38 bits per heavy atom. The predicted molar refractivity (Wildman–Crippen MR) is 59.4 cm³/mol. The number of anilines is 1. The van der Waals surface area contributed by atoms with Crippen LogP contribution in [0, 0.1) is 11.3 Å². The first kappa shape index (κ1) is 10.8. The summed E-state index contributed by atoms with van der Waals surface area (Å²) in [6.45, 7) is 3.89. The monoisotopic (exact) mass is 218 g/mol. The highest BCUT2D eigenvalue weighted by molar-refractivity contribution is 5.29. The highest BCUT2D eigenvalue weighted by Crippen LogP contribution is 2.03. The summed E-state index contributed by atoms with van der Waals surface area (Å²) in [6.07, 6.45) is 1.59. The van der Waals surface area contributed by atoms with Gasteiger partial charge in [-0.15, -0.1) is 0 Å². The minimum atomic E-state index is 0.381. The summed E-state index contributed by atoms with van der Waals surface area (Å²) in [7, 11) is 2.10. The van der Waals surface area contributed by atoms with Crippen LogP contribution in [-0.4, -0.2) is 53.1 Å². The van der Waals surface area contributed by atoms with E-state index in [1.165, 1.54) is 0 Å². The molecule has 1 aromatic heterocycles. The lowest BCUT2D eigenvalue weighted by Crippen LogP contribution is -2.47. The summed E-state index contributed by atoms with van der Waals surface area (Å²) in [5.41, 5.74) is 3.49. The summed E-state index contributed by atoms with van der Waals surface area (Å²) in [5.74, 6) is 0.489. The molecule has 0 aliphatic carbocycles. The van der Waals surface area contributed by atoms with Crippen LogP contribution in [0.4, 0.5) is 5.95 Å². The molecule has 1 N–H and O–H groups in total. The fourth-order valence-corrected chi connectivity index (χ4v) is 1.53. The van der Waals surface area contributed by atoms with E-state index in [2.05, 4.69) is 32.4 Å². The lowest BCUT2D eigenvalue weighted by Gasteiger charge is -2.32. The Kier molecular flexibility index (Phi) is 3.29. The molecule has 2 rings (SSSR count). The van der Waals surface area contributed by atoms with E-state index in [0.717, 1.165) is 26.2 Å². The van der Waals surface area contributed by atoms with Gasteiger partial charge < -0.3 is 4.90 Å². The van der Waals surface area contributed by atoms with Crippen LogP contribution in [0.15, 0.2) is 12.3 Å². The van der Waals surface area contributed by atoms with Crippen molar-refractivity contribution in [3.8, 4) is 6.07 Å². The van der Waals surface area contributed by atoms with E-state index in [4.69, 9.17) is 5.26 Å². The number of hydrogen-bond acceptors (Lipinski definition) is 6. The summed E-state index contributed by atoms with van der Waals surface area (Å²) in [6, 6.07) is 3.59. The molecular weight excluding hydrogens is 204 g/mol. The molecule has 2 heterocycles. The topological polar surface area (TPSA) is 68.1 Å². The summed E-state index contributed by atoms with van der Waals surface area (Å²) < 4.78 is 0. The van der Waals surface area contributed by atoms with Crippen molar-refractivity contribution in [1.29, 1.82) is 5.26 Å². The fourth-order valence-electron chi connectivity index (χ4n) is 1.53. The molecule has 6 nitrogen and oxygen atoms in total. The number of aromatic nitrogens is 2. The minimum absolute atomic E-state index is 0.381. The Bertz CT molecular complexity index is 391. The Morgan fingerprint density at radius 3 is 2.81 bits per heavy atom. The second-order valence-electron chi connectivity index (χ2n) is 3.78. The molecule has 1 saturated heterocycles. The van der Waals surface area contributed by atoms with Gasteiger partial charge in [-0.1, -0.05) is 0 Å². The number of nitriles is 1. The van der Waals surface area contributed by atoms with E-state index in [9.17, 15) is 0 Å². The smallest absolute Gasteiger partial charge is 0.238 e. The van der Waals surface area contributed by atoms with Gasteiger partial charge >= 0.3 is 0 Å². The minimum Gasteiger partial charge on any atom is -0.304 e. The Labute approximate surface area is 94.5 Å². The van der Waals surface area contributed by atoms with Gasteiger partial charge in [0.15, 0.2) is 0 Å². The number of hydrazine groups is 1. The van der Waals surface area contributed by atoms with Crippen LogP contribution < -0.4 is 5.43 Å². The van der Waals surface area contributed by atoms with Gasteiger partial charge in [0, 0.05) is 32.4 Å². The maximum absolute atomic E-state index is 8.71. The van der Waals surface area contributed by atoms with Gasteiger partial charge in [-0.3, -0.25) is 5.43 Å². The van der Waals surface area contributed by atoms with Gasteiger partial charge in [-0.25, -0.2) is 15.0 Å². The number of likely N-dealkylation sites (N-methyl/N-ethyl adjacent to an activating group) is 1. The van der Waals surface area contributed by atoms with E-state index in [0.29, 0.717) is 11.6 Å². The largest absolute Gasteiger partial charge is 0.304 e. The second-order valence-corrected chi connectivity index (χ2v) is 3.78. The third-order valence-corrected chi connectivity index (χ3v) is 2.53. The zero-order valence-corrected chi connectivity index (χ0v) is 9.22. The number of nitrogens with one attached hydrogen (secondary N) is 1. The molecule has 84 valence electrons. The van der Waals surface area contributed by atoms with Crippen molar-refractivity contribution in [3.63, 3.8) is 0 Å². The molecule has 0 aromatic carbocycles. The van der Waals surface area contributed by atoms with Gasteiger partial charge in [0.25, 0.3) is 0 Å². The van der Waals surface area contributed by atoms with Crippen molar-refractivity contribution in [3.05, 3.63) is 18.0 Å². The van der Waals surface area contributed by atoms with Crippen LogP contribution in [0.25, 0.3) is 0 Å². The van der Waals surface area contributed by atoms with Crippen molar-refractivity contribution < 1.29 is 0 Å². The van der Waals surface area contributed by atoms with Crippen LogP contribution in [-0.2, 0) is 0 Å². The van der Waals surface area contributed by atoms with Crippen molar-refractivity contribution >= 4 is 5.95 Å². The van der Waals surface area contributed by atoms with Gasteiger partial charge in [-0.2, -0.15) is 5.26 Å². The Hall–Kier alpha value is -1.71. The van der Waals surface area contributed by atoms with E-state index in [1.54, 1.807) is 12.3 Å². The van der Waals surface area contributed by atoms with E-state index < -0.39 is 0 Å². The lowest BCUT2D eigenvalue weighted by molar-refractivity contribution is 0.178. The van der Waals surface area contributed by atoms with Crippen LogP contribution >= 0.6 is 0 Å². The van der Waals surface area contributed by atoms with Crippen LogP contribution in [0.2, 0.25) is 0 Å². The van der Waals surface area contributed by atoms with E-state index in [-0.39, 0.29) is 0 Å². The maximum Gasteiger partial charge on any atom is 0.238 e. The number of nitrogens with zero attached hydrogens (tertiary/aromatic N) is 5. The fraction of sp³-hybridized carbons (Fsp3) is 0.500. The first-order valence-corrected chi connectivity index (χ1v) is 5.21. The van der Waals surface area contributed by atoms with Crippen molar-refractivity contribution in [2.24, 2.45) is 0 Å². The molecule has 1 aliphatic rings. The number of rotatable bonds is 2. The standard InChI is InChI=1S/C10H14N6/c1-15-4-6-16(7-5-15)14-10-12-3-2-9(8-11)13-10/h2-3H,4-7H2,1H3,(H,12,13,14). The van der Waals surface area contributed by atoms with Crippen LogP contribution in [0.3, 0.4) is 0 Å². The Morgan fingerprint density at radius 2 is 2.12 bits per heavy atom. The van der Waals surface area contributed by atoms with Crippen LogP contribution in [0.1, 0.15) is 5.69 Å². The van der Waals surface area contributed by atoms with E-state index >= 15 is 0 Å². The molecule has 1 aromatic rings. The van der Waals surface area contributed by atoms with Crippen molar-refractivity contribution in [1.82, 2.24) is 19.9 Å². The summed E-state index contributed by atoms with van der Waals surface area (Å²) in [5, 5.41) is 10.8. The normalized spacial score (nSPS) is 18.0. The van der Waals surface area contributed by atoms with Gasteiger partial charge in [0.05, 0.1) is 0 Å². The van der Waals surface area contributed by atoms with Gasteiger partial charge in [0.1, 0.15) is 11.8 Å². The molecule has 0 atom stereocenters. The average Bonchev–Trinajstić information content (AvgIpc) is 2.32. The quantitative estimate of drug-likeness (QED) is 0.749. The zero-order valence-electron chi connectivity index (χ0n) is 9.22. The molecule has 1 aliphatic heterocycles. The first-order chi connectivity index (χ1) is 7.78. The first-order valence-electron chi connectivity index (χ1n) is 5.21. The molecule has 1 fully saturated rings. The molecule has 0 unspecified atom stereocenters. The molecule has 0 radical (unpaired) electrons. The summed E-state index contributed by atoms with van der Waals surface area (Å²) in [4.78, 5) is 10.4. The lowest BCUT2D eigenvalue weighted by atomic mass is 10.4. The highest BCUT2D eigenvalue weighted by atomic mass is 15.5. The maximum atomic E-state index is 8.71. The molecule has 6 heteroatoms. The third kappa shape index (κ3) is 2.66. The Balaban J connectivity index is 1.96. The molecule has 0 saturated carbocycles. The summed E-state index contributed by atoms with van der Waals surface area (Å²) >= 11 is 0. The van der Waals surface area contributed by atoms with Gasteiger partial charge in [0.2, 0.25) is 5.95 Å². The van der Waals surface area contributed by atoms with Crippen molar-refractivity contribution in [2.45, 2.75) is 0 Å². The predicted octanol–water partition coefficient (Wildman–Crippen LogP) is -0.0774. The number of hydrogen-bond donors (Lipinski definition) is 1.